The van der Waals surface area contributed by atoms with E-state index in [-0.39, 0.29) is 66.3 Å². The molecule has 2 aromatic carbocycles. The SMILES string of the molecule is Cc1nnn(C)c1-c1cnc2c3c(OCC(C)(F)F)ccc(S(C)(=O)=O)c3n(C(c3ncccc3F)C3CCOCC3)c2c1.Cc1nnn(C)c1-c1cnc2c3c(OCC(C)(F)F)ccc(S(C)(=O)=O)c3n(C(c3ncccc3F)C3CCOCC3)c2c1. The highest BCUT2D eigenvalue weighted by atomic mass is 32.2. The van der Waals surface area contributed by atoms with Crippen LogP contribution in [0.5, 0.6) is 11.5 Å². The van der Waals surface area contributed by atoms with E-state index in [1.54, 1.807) is 58.8 Å². The maximum absolute atomic E-state index is 15.7. The van der Waals surface area contributed by atoms with Crippen molar-refractivity contribution in [3.63, 3.8) is 0 Å². The Balaban J connectivity index is 0.000000182. The number of benzene rings is 2. The first-order valence-electron chi connectivity index (χ1n) is 28.1. The largest absolute Gasteiger partial charge is 0.487 e. The van der Waals surface area contributed by atoms with Gasteiger partial charge in [-0.1, -0.05) is 10.4 Å². The average Bonchev–Trinajstić information content (AvgIpc) is 1.57. The summed E-state index contributed by atoms with van der Waals surface area (Å²) in [5.74, 6) is -7.81. The maximum atomic E-state index is 15.7. The molecule has 0 saturated carbocycles. The summed E-state index contributed by atoms with van der Waals surface area (Å²) in [7, 11) is -4.32. The molecule has 2 unspecified atom stereocenters. The molecule has 0 amide bonds. The minimum atomic E-state index is -3.90. The second kappa shape index (κ2) is 23.8. The van der Waals surface area contributed by atoms with E-state index >= 15 is 8.78 Å². The van der Waals surface area contributed by atoms with Crippen LogP contribution in [0.2, 0.25) is 0 Å². The van der Waals surface area contributed by atoms with E-state index in [0.29, 0.717) is 108 Å². The lowest BCUT2D eigenvalue weighted by Gasteiger charge is -2.32. The van der Waals surface area contributed by atoms with Gasteiger partial charge in [0.05, 0.1) is 99.9 Å². The zero-order valence-electron chi connectivity index (χ0n) is 49.2. The molecule has 0 spiro atoms. The third kappa shape index (κ3) is 12.0. The van der Waals surface area contributed by atoms with Gasteiger partial charge in [0.2, 0.25) is 0 Å². The summed E-state index contributed by atoms with van der Waals surface area (Å²) < 4.78 is 170. The van der Waals surface area contributed by atoms with Gasteiger partial charge in [0.25, 0.3) is 11.8 Å². The van der Waals surface area contributed by atoms with E-state index in [2.05, 4.69) is 30.6 Å². The highest BCUT2D eigenvalue weighted by Crippen LogP contribution is 2.48. The van der Waals surface area contributed by atoms with Crippen LogP contribution in [0.3, 0.4) is 0 Å². The van der Waals surface area contributed by atoms with E-state index < -0.39 is 68.5 Å². The number of nitrogens with zero attached hydrogens (tertiary/aromatic N) is 12. The van der Waals surface area contributed by atoms with Crippen LogP contribution in [-0.4, -0.2) is 140 Å². The van der Waals surface area contributed by atoms with Crippen molar-refractivity contribution in [2.75, 3.05) is 52.2 Å². The molecule has 12 rings (SSSR count). The minimum absolute atomic E-state index is 0.0310. The van der Waals surface area contributed by atoms with E-state index in [0.717, 1.165) is 26.4 Å². The summed E-state index contributed by atoms with van der Waals surface area (Å²) >= 11 is 0. The van der Waals surface area contributed by atoms with Crippen LogP contribution < -0.4 is 9.47 Å². The number of hydrogen-bond donors (Lipinski definition) is 0. The van der Waals surface area contributed by atoms with Crippen molar-refractivity contribution < 1.29 is 62.1 Å². The molecular weight excluding hydrogens is 1190 g/mol. The molecule has 88 heavy (non-hydrogen) atoms. The molecule has 464 valence electrons. The van der Waals surface area contributed by atoms with Gasteiger partial charge in [0.15, 0.2) is 32.9 Å². The Morgan fingerprint density at radius 1 is 0.591 bits per heavy atom. The van der Waals surface area contributed by atoms with Gasteiger partial charge >= 0.3 is 0 Å². The van der Waals surface area contributed by atoms with Crippen LogP contribution in [0.4, 0.5) is 26.3 Å². The van der Waals surface area contributed by atoms with Gasteiger partial charge in [-0.3, -0.25) is 19.9 Å². The van der Waals surface area contributed by atoms with Gasteiger partial charge in [0.1, 0.15) is 23.1 Å². The molecule has 10 aromatic rings. The molecule has 2 aliphatic rings. The number of ether oxygens (including phenoxy) is 4. The molecule has 0 bridgehead atoms. The van der Waals surface area contributed by atoms with Gasteiger partial charge in [-0.2, -0.15) is 0 Å². The normalized spacial score (nSPS) is 15.7. The van der Waals surface area contributed by atoms with Gasteiger partial charge in [-0.05, 0) is 112 Å². The lowest BCUT2D eigenvalue weighted by Crippen LogP contribution is -2.28. The smallest absolute Gasteiger partial charge is 0.278 e. The Bertz CT molecular complexity index is 4210. The van der Waals surface area contributed by atoms with Crippen molar-refractivity contribution in [3.8, 4) is 34.0 Å². The standard InChI is InChI=1S/2C30H31F3N6O4S/c2*1-17-27(38(3)37-36-17)19-14-21-26(35-15-19)24-22(43-16-30(2,32)33)7-8-23(44(4,40)41)29(24)39(21)28(18-9-12-42-13-10-18)25-20(31)6-5-11-34-25/h2*5-8,11,14-15,18,28H,9-10,12-13,16H2,1-4H3. The van der Waals surface area contributed by atoms with Crippen molar-refractivity contribution in [1.82, 2.24) is 59.1 Å². The Hall–Kier alpha value is -8.08. The van der Waals surface area contributed by atoms with E-state index in [1.165, 1.54) is 60.9 Å². The topological polar surface area (TPSA) is 228 Å². The number of hydrogen-bond acceptors (Lipinski definition) is 16. The summed E-state index contributed by atoms with van der Waals surface area (Å²) in [5.41, 5.74) is 5.98. The predicted molar refractivity (Wildman–Crippen MR) is 314 cm³/mol. The zero-order chi connectivity index (χ0) is 62.8. The lowest BCUT2D eigenvalue weighted by atomic mass is 9.88. The third-order valence-corrected chi connectivity index (χ3v) is 18.1. The summed E-state index contributed by atoms with van der Waals surface area (Å²) in [5, 5.41) is 17.0. The number of rotatable bonds is 16. The van der Waals surface area contributed by atoms with E-state index in [9.17, 15) is 34.4 Å². The van der Waals surface area contributed by atoms with Gasteiger partial charge in [0, 0.05) is 103 Å². The fourth-order valence-electron chi connectivity index (χ4n) is 12.1. The van der Waals surface area contributed by atoms with Crippen LogP contribution in [0.15, 0.2) is 95.2 Å². The Labute approximate surface area is 501 Å². The molecule has 2 aliphatic heterocycles. The van der Waals surface area contributed by atoms with Crippen LogP contribution in [0, 0.1) is 37.3 Å². The summed E-state index contributed by atoms with van der Waals surface area (Å²) in [4.78, 5) is 18.2. The summed E-state index contributed by atoms with van der Waals surface area (Å²) in [6.45, 7) is 4.89. The molecule has 20 nitrogen and oxygen atoms in total. The van der Waals surface area contributed by atoms with Crippen LogP contribution in [-0.2, 0) is 43.2 Å². The molecule has 2 atom stereocenters. The van der Waals surface area contributed by atoms with Gasteiger partial charge < -0.3 is 28.1 Å². The first-order chi connectivity index (χ1) is 41.7. The van der Waals surface area contributed by atoms with Crippen LogP contribution >= 0.6 is 0 Å². The second-order valence-corrected chi connectivity index (χ2v) is 26.5. The number of aromatic nitrogens is 12. The Morgan fingerprint density at radius 2 is 0.966 bits per heavy atom. The van der Waals surface area contributed by atoms with Crippen molar-refractivity contribution in [2.24, 2.45) is 25.9 Å². The molecule has 0 N–H and O–H groups in total. The maximum Gasteiger partial charge on any atom is 0.278 e. The number of halogens is 6. The number of fused-ring (bicyclic) bond motifs is 6. The van der Waals surface area contributed by atoms with Gasteiger partial charge in [-0.15, -0.1) is 10.2 Å². The number of pyridine rings is 4. The number of aryl methyl sites for hydroxylation is 4. The zero-order valence-corrected chi connectivity index (χ0v) is 50.8. The summed E-state index contributed by atoms with van der Waals surface area (Å²) in [6.07, 6.45) is 10.5. The van der Waals surface area contributed by atoms with E-state index in [1.807, 2.05) is 12.1 Å². The number of alkyl halides is 4. The van der Waals surface area contributed by atoms with E-state index in [4.69, 9.17) is 28.9 Å². The van der Waals surface area contributed by atoms with Crippen LogP contribution in [0.1, 0.15) is 74.4 Å². The Kier molecular flexibility index (Phi) is 16.6. The van der Waals surface area contributed by atoms with Crippen molar-refractivity contribution in [1.29, 1.82) is 0 Å². The third-order valence-electron chi connectivity index (χ3n) is 15.8. The molecule has 2 fully saturated rings. The first kappa shape index (κ1) is 61.6. The monoisotopic (exact) mass is 1260 g/mol. The molecule has 2 saturated heterocycles. The van der Waals surface area contributed by atoms with Crippen molar-refractivity contribution in [3.05, 3.63) is 120 Å². The first-order valence-corrected chi connectivity index (χ1v) is 31.9. The fraction of sp³-hybridized carbons (Fsp3) is 0.400. The molecule has 10 heterocycles. The Morgan fingerprint density at radius 3 is 1.28 bits per heavy atom. The van der Waals surface area contributed by atoms with Gasteiger partial charge in [-0.25, -0.2) is 52.5 Å². The molecule has 28 heteroatoms. The van der Waals surface area contributed by atoms with Crippen molar-refractivity contribution in [2.45, 2.75) is 87.1 Å². The fourth-order valence-corrected chi connectivity index (χ4v) is 13.9. The molecule has 0 radical (unpaired) electrons. The molecule has 0 aliphatic carbocycles. The highest BCUT2D eigenvalue weighted by Gasteiger charge is 2.39. The summed E-state index contributed by atoms with van der Waals surface area (Å²) in [6, 6.07) is 13.0. The second-order valence-electron chi connectivity index (χ2n) is 22.6. The van der Waals surface area contributed by atoms with Crippen LogP contribution in [0.25, 0.3) is 66.4 Å². The lowest BCUT2D eigenvalue weighted by molar-refractivity contribution is -0.0229. The quantitative estimate of drug-likeness (QED) is 0.0819. The van der Waals surface area contributed by atoms with Crippen molar-refractivity contribution >= 4 is 63.5 Å². The highest BCUT2D eigenvalue weighted by molar-refractivity contribution is 7.91. The molecular formula is C60H62F6N12O8S2. The minimum Gasteiger partial charge on any atom is -0.487 e. The number of sulfone groups is 2. The average molecular weight is 1260 g/mol. The predicted octanol–water partition coefficient (Wildman–Crippen LogP) is 10.6. The molecule has 8 aromatic heterocycles.